The number of hydrogen-bond donors (Lipinski definition) is 3. The molecular formula is C14H21NO2. The fourth-order valence-corrected chi connectivity index (χ4v) is 2.90. The van der Waals surface area contributed by atoms with Crippen molar-refractivity contribution in [3.63, 3.8) is 0 Å². The summed E-state index contributed by atoms with van der Waals surface area (Å²) in [6.07, 6.45) is 4.04. The number of aliphatic hydroxyl groups is 1. The van der Waals surface area contributed by atoms with Gasteiger partial charge in [0, 0.05) is 12.5 Å². The Bertz CT molecular complexity index is 378. The van der Waals surface area contributed by atoms with Crippen LogP contribution < -0.4 is 5.32 Å². The highest BCUT2D eigenvalue weighted by molar-refractivity contribution is 5.32. The predicted molar refractivity (Wildman–Crippen MR) is 67.9 cm³/mol. The lowest BCUT2D eigenvalue weighted by Gasteiger charge is -2.40. The minimum absolute atomic E-state index is 0.225. The van der Waals surface area contributed by atoms with Crippen LogP contribution in [0.2, 0.25) is 0 Å². The van der Waals surface area contributed by atoms with Crippen LogP contribution in [0.1, 0.15) is 31.2 Å². The summed E-state index contributed by atoms with van der Waals surface area (Å²) < 4.78 is 0. The van der Waals surface area contributed by atoms with Gasteiger partial charge in [0.15, 0.2) is 0 Å². The Morgan fingerprint density at radius 2 is 2.24 bits per heavy atom. The number of hydrogen-bond acceptors (Lipinski definition) is 3. The molecule has 1 aromatic carbocycles. The molecule has 1 aliphatic carbocycles. The first-order valence-electron chi connectivity index (χ1n) is 6.33. The molecule has 0 aliphatic heterocycles. The van der Waals surface area contributed by atoms with Crippen molar-refractivity contribution in [2.75, 3.05) is 13.6 Å². The van der Waals surface area contributed by atoms with Crippen molar-refractivity contribution in [1.82, 2.24) is 5.32 Å². The van der Waals surface area contributed by atoms with Crippen LogP contribution in [-0.4, -0.2) is 23.8 Å². The van der Waals surface area contributed by atoms with Gasteiger partial charge in [0.25, 0.3) is 0 Å². The first-order valence-corrected chi connectivity index (χ1v) is 6.33. The Hall–Kier alpha value is -1.06. The van der Waals surface area contributed by atoms with Gasteiger partial charge < -0.3 is 15.5 Å². The molecule has 0 spiro atoms. The van der Waals surface area contributed by atoms with Crippen LogP contribution in [0.4, 0.5) is 0 Å². The lowest BCUT2D eigenvalue weighted by molar-refractivity contribution is -0.0531. The normalized spacial score (nSPS) is 29.2. The zero-order valence-corrected chi connectivity index (χ0v) is 10.3. The summed E-state index contributed by atoms with van der Waals surface area (Å²) in [5.74, 6) is 0.452. The molecule has 0 saturated heterocycles. The molecule has 1 aromatic rings. The van der Waals surface area contributed by atoms with E-state index in [4.69, 9.17) is 0 Å². The minimum atomic E-state index is -0.792. The van der Waals surface area contributed by atoms with E-state index >= 15 is 0 Å². The van der Waals surface area contributed by atoms with Crippen LogP contribution in [0.15, 0.2) is 24.3 Å². The van der Waals surface area contributed by atoms with Gasteiger partial charge >= 0.3 is 0 Å². The molecule has 0 unspecified atom stereocenters. The van der Waals surface area contributed by atoms with Gasteiger partial charge in [0.05, 0.1) is 5.60 Å². The van der Waals surface area contributed by atoms with Crippen molar-refractivity contribution in [1.29, 1.82) is 0 Å². The Morgan fingerprint density at radius 3 is 2.94 bits per heavy atom. The molecule has 1 aliphatic rings. The summed E-state index contributed by atoms with van der Waals surface area (Å²) in [5, 5.41) is 23.6. The van der Waals surface area contributed by atoms with Crippen LogP contribution in [0.5, 0.6) is 5.75 Å². The second-order valence-corrected chi connectivity index (χ2v) is 4.97. The minimum Gasteiger partial charge on any atom is -0.508 e. The number of phenolic OH excluding ortho intramolecular Hbond substituents is 1. The van der Waals surface area contributed by atoms with Crippen molar-refractivity contribution in [3.05, 3.63) is 29.8 Å². The van der Waals surface area contributed by atoms with E-state index in [-0.39, 0.29) is 11.7 Å². The zero-order chi connectivity index (χ0) is 12.3. The number of nitrogens with one attached hydrogen (secondary N) is 1. The third-order valence-corrected chi connectivity index (χ3v) is 3.83. The van der Waals surface area contributed by atoms with Crippen LogP contribution in [0.25, 0.3) is 0 Å². The molecule has 1 saturated carbocycles. The second-order valence-electron chi connectivity index (χ2n) is 4.97. The third kappa shape index (κ3) is 2.45. The quantitative estimate of drug-likeness (QED) is 0.751. The number of benzene rings is 1. The smallest absolute Gasteiger partial charge is 0.115 e. The summed E-state index contributed by atoms with van der Waals surface area (Å²) in [5.41, 5.74) is 0.0532. The van der Waals surface area contributed by atoms with E-state index in [1.54, 1.807) is 18.2 Å². The molecule has 3 N–H and O–H groups in total. The standard InChI is InChI=1S/C14H21NO2/c1-15-10-12-5-2-3-8-14(12,17)11-6-4-7-13(16)9-11/h4,6-7,9,12,15-17H,2-3,5,8,10H2,1H3/t12-,14-/m1/s1. The second kappa shape index (κ2) is 5.07. The van der Waals surface area contributed by atoms with E-state index in [0.29, 0.717) is 0 Å². The fourth-order valence-electron chi connectivity index (χ4n) is 2.90. The first-order chi connectivity index (χ1) is 8.16. The number of rotatable bonds is 3. The molecular weight excluding hydrogens is 214 g/mol. The molecule has 17 heavy (non-hydrogen) atoms. The van der Waals surface area contributed by atoms with Gasteiger partial charge in [-0.1, -0.05) is 25.0 Å². The molecule has 3 nitrogen and oxygen atoms in total. The number of aromatic hydroxyl groups is 1. The maximum absolute atomic E-state index is 10.9. The molecule has 94 valence electrons. The lowest BCUT2D eigenvalue weighted by Crippen LogP contribution is -2.42. The van der Waals surface area contributed by atoms with Crippen molar-refractivity contribution < 1.29 is 10.2 Å². The van der Waals surface area contributed by atoms with Gasteiger partial charge in [-0.3, -0.25) is 0 Å². The molecule has 0 bridgehead atoms. The Morgan fingerprint density at radius 1 is 1.41 bits per heavy atom. The van der Waals surface area contributed by atoms with Crippen molar-refractivity contribution in [2.24, 2.45) is 5.92 Å². The largest absolute Gasteiger partial charge is 0.508 e. The summed E-state index contributed by atoms with van der Waals surface area (Å²) >= 11 is 0. The van der Waals surface area contributed by atoms with Gasteiger partial charge in [0.1, 0.15) is 5.75 Å². The summed E-state index contributed by atoms with van der Waals surface area (Å²) in [7, 11) is 1.91. The summed E-state index contributed by atoms with van der Waals surface area (Å²) in [6.45, 7) is 0.812. The SMILES string of the molecule is CNC[C@H]1CCCC[C@@]1(O)c1cccc(O)c1. The topological polar surface area (TPSA) is 52.5 Å². The third-order valence-electron chi connectivity index (χ3n) is 3.83. The molecule has 0 heterocycles. The highest BCUT2D eigenvalue weighted by Gasteiger charge is 2.39. The van der Waals surface area contributed by atoms with E-state index in [0.717, 1.165) is 31.4 Å². The average Bonchev–Trinajstić information content (AvgIpc) is 2.32. The highest BCUT2D eigenvalue weighted by Crippen LogP contribution is 2.42. The molecule has 2 rings (SSSR count). The van der Waals surface area contributed by atoms with Gasteiger partial charge in [-0.2, -0.15) is 0 Å². The predicted octanol–water partition coefficient (Wildman–Crippen LogP) is 1.99. The molecule has 0 aromatic heterocycles. The maximum Gasteiger partial charge on any atom is 0.115 e. The molecule has 0 amide bonds. The van der Waals surface area contributed by atoms with Gasteiger partial charge in [0.2, 0.25) is 0 Å². The molecule has 2 atom stereocenters. The monoisotopic (exact) mass is 235 g/mol. The van der Waals surface area contributed by atoms with Crippen molar-refractivity contribution in [2.45, 2.75) is 31.3 Å². The molecule has 3 heteroatoms. The fraction of sp³-hybridized carbons (Fsp3) is 0.571. The van der Waals surface area contributed by atoms with Crippen LogP contribution in [0.3, 0.4) is 0 Å². The van der Waals surface area contributed by atoms with Gasteiger partial charge in [-0.25, -0.2) is 0 Å². The Balaban J connectivity index is 2.30. The van der Waals surface area contributed by atoms with E-state index < -0.39 is 5.60 Å². The van der Waals surface area contributed by atoms with Crippen molar-refractivity contribution in [3.8, 4) is 5.75 Å². The van der Waals surface area contributed by atoms with Crippen LogP contribution in [-0.2, 0) is 5.60 Å². The highest BCUT2D eigenvalue weighted by atomic mass is 16.3. The maximum atomic E-state index is 10.9. The number of phenols is 1. The lowest BCUT2D eigenvalue weighted by atomic mass is 9.71. The molecule has 0 radical (unpaired) electrons. The zero-order valence-electron chi connectivity index (χ0n) is 10.3. The van der Waals surface area contributed by atoms with E-state index in [9.17, 15) is 10.2 Å². The average molecular weight is 235 g/mol. The van der Waals surface area contributed by atoms with E-state index in [1.807, 2.05) is 13.1 Å². The molecule has 1 fully saturated rings. The summed E-state index contributed by atoms with van der Waals surface area (Å²) in [6, 6.07) is 7.04. The van der Waals surface area contributed by atoms with Crippen LogP contribution in [0, 0.1) is 5.92 Å². The first kappa shape index (κ1) is 12.4. The van der Waals surface area contributed by atoms with Gasteiger partial charge in [-0.05, 0) is 37.6 Å². The Kier molecular flexibility index (Phi) is 3.69. The van der Waals surface area contributed by atoms with Crippen LogP contribution >= 0.6 is 0 Å². The summed E-state index contributed by atoms with van der Waals surface area (Å²) in [4.78, 5) is 0. The van der Waals surface area contributed by atoms with E-state index in [1.165, 1.54) is 6.42 Å². The van der Waals surface area contributed by atoms with Gasteiger partial charge in [-0.15, -0.1) is 0 Å². The van der Waals surface area contributed by atoms with Crippen molar-refractivity contribution >= 4 is 0 Å². The Labute approximate surface area is 102 Å². The van der Waals surface area contributed by atoms with E-state index in [2.05, 4.69) is 5.32 Å².